The Kier molecular flexibility index (Phi) is 4.36. The summed E-state index contributed by atoms with van der Waals surface area (Å²) < 4.78 is 41.3. The topological polar surface area (TPSA) is 47.7 Å². The molecule has 0 saturated carbocycles. The summed E-state index contributed by atoms with van der Waals surface area (Å²) in [6.45, 7) is 4.52. The summed E-state index contributed by atoms with van der Waals surface area (Å²) in [5, 5.41) is 10.8. The van der Waals surface area contributed by atoms with Crippen LogP contribution in [0.4, 0.5) is 13.2 Å². The van der Waals surface area contributed by atoms with Crippen molar-refractivity contribution in [1.82, 2.24) is 24.9 Å². The fraction of sp³-hybridized carbons (Fsp3) is 0.538. The number of hydrogen-bond acceptors (Lipinski definition) is 3. The van der Waals surface area contributed by atoms with Gasteiger partial charge < -0.3 is 5.32 Å². The Hall–Kier alpha value is -1.83. The Morgan fingerprint density at radius 3 is 2.52 bits per heavy atom. The van der Waals surface area contributed by atoms with E-state index >= 15 is 0 Å². The Bertz CT molecular complexity index is 597. The molecule has 8 heteroatoms. The van der Waals surface area contributed by atoms with E-state index in [-0.39, 0.29) is 18.2 Å². The monoisotopic (exact) mass is 301 g/mol. The Labute approximate surface area is 120 Å². The van der Waals surface area contributed by atoms with E-state index in [1.165, 1.54) is 17.9 Å². The van der Waals surface area contributed by atoms with Crippen LogP contribution in [-0.4, -0.2) is 19.6 Å². The van der Waals surface area contributed by atoms with Crippen molar-refractivity contribution in [3.63, 3.8) is 0 Å². The number of aryl methyl sites for hydroxylation is 1. The second-order valence-corrected chi connectivity index (χ2v) is 5.16. The predicted molar refractivity (Wildman–Crippen MR) is 71.4 cm³/mol. The van der Waals surface area contributed by atoms with Crippen LogP contribution < -0.4 is 5.32 Å². The maximum Gasteiger partial charge on any atom is 0.435 e. The number of rotatable bonds is 5. The normalized spacial score (nSPS) is 12.3. The van der Waals surface area contributed by atoms with E-state index in [1.54, 1.807) is 0 Å². The van der Waals surface area contributed by atoms with Crippen molar-refractivity contribution in [2.45, 2.75) is 39.2 Å². The minimum absolute atomic E-state index is 0.0945. The van der Waals surface area contributed by atoms with E-state index in [0.29, 0.717) is 6.54 Å². The van der Waals surface area contributed by atoms with Crippen LogP contribution in [0.2, 0.25) is 0 Å². The molecule has 0 aliphatic rings. The van der Waals surface area contributed by atoms with Crippen molar-refractivity contribution >= 4 is 0 Å². The van der Waals surface area contributed by atoms with Crippen LogP contribution in [0.3, 0.4) is 0 Å². The summed E-state index contributed by atoms with van der Waals surface area (Å²) in [7, 11) is 1.48. The average Bonchev–Trinajstić information content (AvgIpc) is 2.95. The minimum atomic E-state index is -4.43. The zero-order valence-electron chi connectivity index (χ0n) is 12.1. The van der Waals surface area contributed by atoms with E-state index < -0.39 is 11.9 Å². The van der Waals surface area contributed by atoms with Gasteiger partial charge >= 0.3 is 6.18 Å². The molecule has 0 radical (unpaired) electrons. The van der Waals surface area contributed by atoms with Gasteiger partial charge in [-0.15, -0.1) is 0 Å². The standard InChI is InChI=1S/C13H18F3N5/c1-9(2)21-5-4-11(18-21)7-17-6-10-8-20(3)19-12(10)13(14,15)16/h4-5,8-9,17H,6-7H2,1-3H3. The molecule has 0 atom stereocenters. The lowest BCUT2D eigenvalue weighted by Gasteiger charge is -2.07. The first-order valence-corrected chi connectivity index (χ1v) is 6.62. The highest BCUT2D eigenvalue weighted by atomic mass is 19.4. The third-order valence-electron chi connectivity index (χ3n) is 2.99. The Morgan fingerprint density at radius 1 is 1.24 bits per heavy atom. The first kappa shape index (κ1) is 15.6. The smallest absolute Gasteiger partial charge is 0.307 e. The number of halogens is 3. The Balaban J connectivity index is 1.97. The lowest BCUT2D eigenvalue weighted by Crippen LogP contribution is -2.17. The van der Waals surface area contributed by atoms with Gasteiger partial charge in [0.25, 0.3) is 0 Å². The van der Waals surface area contributed by atoms with Crippen molar-refractivity contribution in [3.05, 3.63) is 35.4 Å². The molecular weight excluding hydrogens is 283 g/mol. The van der Waals surface area contributed by atoms with E-state index in [4.69, 9.17) is 0 Å². The SMILES string of the molecule is CC(C)n1ccc(CNCc2cn(C)nc2C(F)(F)F)n1. The van der Waals surface area contributed by atoms with Crippen molar-refractivity contribution in [1.29, 1.82) is 0 Å². The summed E-state index contributed by atoms with van der Waals surface area (Å²) in [6.07, 6.45) is -1.20. The van der Waals surface area contributed by atoms with Gasteiger partial charge in [-0.3, -0.25) is 9.36 Å². The van der Waals surface area contributed by atoms with Crippen LogP contribution in [0, 0.1) is 0 Å². The molecular formula is C13H18F3N5. The van der Waals surface area contributed by atoms with Crippen molar-refractivity contribution in [3.8, 4) is 0 Å². The Morgan fingerprint density at radius 2 is 1.95 bits per heavy atom. The lowest BCUT2D eigenvalue weighted by molar-refractivity contribution is -0.142. The molecule has 2 rings (SSSR count). The molecule has 0 amide bonds. The van der Waals surface area contributed by atoms with Gasteiger partial charge in [0.05, 0.1) is 5.69 Å². The summed E-state index contributed by atoms with van der Waals surface area (Å²) in [4.78, 5) is 0. The minimum Gasteiger partial charge on any atom is -0.307 e. The third-order valence-corrected chi connectivity index (χ3v) is 2.99. The molecule has 0 aliphatic heterocycles. The van der Waals surface area contributed by atoms with Crippen molar-refractivity contribution in [2.75, 3.05) is 0 Å². The molecule has 1 N–H and O–H groups in total. The second-order valence-electron chi connectivity index (χ2n) is 5.16. The van der Waals surface area contributed by atoms with Crippen molar-refractivity contribution in [2.24, 2.45) is 7.05 Å². The molecule has 2 aromatic rings. The van der Waals surface area contributed by atoms with E-state index in [0.717, 1.165) is 5.69 Å². The first-order chi connectivity index (χ1) is 9.77. The van der Waals surface area contributed by atoms with Gasteiger partial charge in [0.2, 0.25) is 0 Å². The number of aromatic nitrogens is 4. The summed E-state index contributed by atoms with van der Waals surface area (Å²) in [5.41, 5.74) is 0.0830. The highest BCUT2D eigenvalue weighted by Gasteiger charge is 2.36. The van der Waals surface area contributed by atoms with Crippen LogP contribution >= 0.6 is 0 Å². The average molecular weight is 301 g/mol. The van der Waals surface area contributed by atoms with Crippen LogP contribution in [0.1, 0.15) is 36.8 Å². The molecule has 2 aromatic heterocycles. The van der Waals surface area contributed by atoms with Crippen molar-refractivity contribution < 1.29 is 13.2 Å². The molecule has 0 bridgehead atoms. The fourth-order valence-corrected chi connectivity index (χ4v) is 1.99. The van der Waals surface area contributed by atoms with Gasteiger partial charge in [-0.25, -0.2) is 0 Å². The summed E-state index contributed by atoms with van der Waals surface area (Å²) in [6, 6.07) is 2.11. The molecule has 2 heterocycles. The molecule has 0 unspecified atom stereocenters. The molecule has 0 saturated heterocycles. The molecule has 21 heavy (non-hydrogen) atoms. The van der Waals surface area contributed by atoms with Gasteiger partial charge in [0, 0.05) is 44.1 Å². The third kappa shape index (κ3) is 3.84. The maximum absolute atomic E-state index is 12.8. The second kappa shape index (κ2) is 5.88. The van der Waals surface area contributed by atoms with Gasteiger partial charge in [-0.05, 0) is 19.9 Å². The summed E-state index contributed by atoms with van der Waals surface area (Å²) >= 11 is 0. The fourth-order valence-electron chi connectivity index (χ4n) is 1.99. The lowest BCUT2D eigenvalue weighted by atomic mass is 10.2. The number of nitrogens with zero attached hydrogens (tertiary/aromatic N) is 4. The van der Waals surface area contributed by atoms with Crippen LogP contribution in [0.5, 0.6) is 0 Å². The molecule has 5 nitrogen and oxygen atoms in total. The van der Waals surface area contributed by atoms with Crippen LogP contribution in [0.15, 0.2) is 18.5 Å². The molecule has 0 fully saturated rings. The zero-order valence-corrected chi connectivity index (χ0v) is 12.1. The van der Waals surface area contributed by atoms with Crippen LogP contribution in [0.25, 0.3) is 0 Å². The van der Waals surface area contributed by atoms with Gasteiger partial charge in [0.1, 0.15) is 0 Å². The van der Waals surface area contributed by atoms with E-state index in [2.05, 4.69) is 15.5 Å². The quantitative estimate of drug-likeness (QED) is 0.923. The largest absolute Gasteiger partial charge is 0.435 e. The summed E-state index contributed by atoms with van der Waals surface area (Å²) in [5.74, 6) is 0. The van der Waals surface area contributed by atoms with Crippen LogP contribution in [-0.2, 0) is 26.3 Å². The van der Waals surface area contributed by atoms with Gasteiger partial charge in [-0.2, -0.15) is 23.4 Å². The molecule has 116 valence electrons. The maximum atomic E-state index is 12.8. The molecule has 0 aliphatic carbocycles. The van der Waals surface area contributed by atoms with E-state index in [1.807, 2.05) is 30.8 Å². The predicted octanol–water partition coefficient (Wildman–Crippen LogP) is 2.51. The highest BCUT2D eigenvalue weighted by molar-refractivity contribution is 5.19. The van der Waals surface area contributed by atoms with E-state index in [9.17, 15) is 13.2 Å². The van der Waals surface area contributed by atoms with Gasteiger partial charge in [0.15, 0.2) is 5.69 Å². The number of hydrogen-bond donors (Lipinski definition) is 1. The number of nitrogens with one attached hydrogen (secondary N) is 1. The molecule has 0 aromatic carbocycles. The highest BCUT2D eigenvalue weighted by Crippen LogP contribution is 2.30. The number of alkyl halides is 3. The molecule has 0 spiro atoms. The first-order valence-electron chi connectivity index (χ1n) is 6.62. The zero-order chi connectivity index (χ0) is 15.6. The van der Waals surface area contributed by atoms with Gasteiger partial charge in [-0.1, -0.05) is 0 Å².